The SMILES string of the molecule is CCCC(=O)Oc1ccc([C@H]2Nc3ccc4ccccc4c3C3=C2C(=O)CC(C)(C)C3)cc1OC. The van der Waals surface area contributed by atoms with Crippen LogP contribution in [0.25, 0.3) is 16.3 Å². The fourth-order valence-corrected chi connectivity index (χ4v) is 5.41. The molecular formula is C30H31NO4. The normalized spacial score (nSPS) is 18.5. The molecule has 0 spiro atoms. The highest BCUT2D eigenvalue weighted by Gasteiger charge is 2.41. The maximum Gasteiger partial charge on any atom is 0.311 e. The van der Waals surface area contributed by atoms with E-state index in [2.05, 4.69) is 43.4 Å². The molecule has 5 nitrogen and oxygen atoms in total. The highest BCUT2D eigenvalue weighted by molar-refractivity contribution is 6.12. The zero-order valence-electron chi connectivity index (χ0n) is 20.7. The van der Waals surface area contributed by atoms with Gasteiger partial charge >= 0.3 is 5.97 Å². The number of carbonyl (C=O) groups is 2. The average molecular weight is 470 g/mol. The van der Waals surface area contributed by atoms with Crippen molar-refractivity contribution in [3.05, 3.63) is 71.3 Å². The summed E-state index contributed by atoms with van der Waals surface area (Å²) in [6.45, 7) is 6.27. The topological polar surface area (TPSA) is 64.6 Å². The number of hydrogen-bond donors (Lipinski definition) is 1. The number of rotatable bonds is 5. The monoisotopic (exact) mass is 469 g/mol. The second-order valence-electron chi connectivity index (χ2n) is 10.3. The molecule has 0 saturated carbocycles. The summed E-state index contributed by atoms with van der Waals surface area (Å²) in [7, 11) is 1.56. The van der Waals surface area contributed by atoms with Crippen LogP contribution < -0.4 is 14.8 Å². The summed E-state index contributed by atoms with van der Waals surface area (Å²) < 4.78 is 11.1. The van der Waals surface area contributed by atoms with E-state index in [0.29, 0.717) is 30.8 Å². The lowest BCUT2D eigenvalue weighted by Crippen LogP contribution is -2.33. The Morgan fingerprint density at radius 3 is 2.63 bits per heavy atom. The Hall–Kier alpha value is -3.60. The number of esters is 1. The summed E-state index contributed by atoms with van der Waals surface area (Å²) in [6.07, 6.45) is 2.40. The van der Waals surface area contributed by atoms with E-state index in [1.807, 2.05) is 31.2 Å². The molecule has 0 amide bonds. The third kappa shape index (κ3) is 4.20. The van der Waals surface area contributed by atoms with Gasteiger partial charge in [-0.3, -0.25) is 9.59 Å². The molecule has 1 aliphatic carbocycles. The van der Waals surface area contributed by atoms with Gasteiger partial charge in [-0.2, -0.15) is 0 Å². The van der Waals surface area contributed by atoms with Crippen molar-refractivity contribution in [1.82, 2.24) is 0 Å². The molecule has 1 atom stereocenters. The van der Waals surface area contributed by atoms with Crippen LogP contribution in [0.4, 0.5) is 5.69 Å². The molecule has 3 aromatic carbocycles. The van der Waals surface area contributed by atoms with Crippen molar-refractivity contribution >= 4 is 33.8 Å². The maximum absolute atomic E-state index is 13.6. The van der Waals surface area contributed by atoms with Crippen molar-refractivity contribution in [1.29, 1.82) is 0 Å². The standard InChI is InChI=1S/C30H31NO4/c1-5-8-26(33)35-24-14-12-19(15-25(24)34-4)29-28-21(16-30(2,3)17-23(28)32)27-20-10-7-6-9-18(20)11-13-22(27)31-29/h6-7,9-15,29,31H,5,8,16-17H2,1-4H3/t29-/m1/s1. The van der Waals surface area contributed by atoms with Gasteiger partial charge in [-0.25, -0.2) is 0 Å². The molecule has 1 aliphatic heterocycles. The minimum atomic E-state index is -0.309. The van der Waals surface area contributed by atoms with E-state index in [4.69, 9.17) is 9.47 Å². The Morgan fingerprint density at radius 2 is 1.86 bits per heavy atom. The van der Waals surface area contributed by atoms with Crippen molar-refractivity contribution in [3.8, 4) is 11.5 Å². The second-order valence-corrected chi connectivity index (χ2v) is 10.3. The number of carbonyl (C=O) groups excluding carboxylic acids is 2. The summed E-state index contributed by atoms with van der Waals surface area (Å²) in [5.41, 5.74) is 4.89. The van der Waals surface area contributed by atoms with Gasteiger partial charge < -0.3 is 14.8 Å². The van der Waals surface area contributed by atoms with Crippen LogP contribution in [-0.4, -0.2) is 18.9 Å². The number of ether oxygens (including phenoxy) is 2. The predicted octanol–water partition coefficient (Wildman–Crippen LogP) is 6.86. The first-order valence-electron chi connectivity index (χ1n) is 12.2. The molecule has 0 radical (unpaired) electrons. The van der Waals surface area contributed by atoms with Crippen LogP contribution in [0.2, 0.25) is 0 Å². The third-order valence-corrected chi connectivity index (χ3v) is 6.94. The van der Waals surface area contributed by atoms with E-state index in [1.165, 1.54) is 0 Å². The molecule has 2 aliphatic rings. The van der Waals surface area contributed by atoms with E-state index in [-0.39, 0.29) is 23.2 Å². The fourth-order valence-electron chi connectivity index (χ4n) is 5.41. The molecule has 5 rings (SSSR count). The number of Topliss-reactive ketones (excluding diaryl/α,β-unsaturated/α-hetero) is 1. The number of allylic oxidation sites excluding steroid dienone is 1. The Labute approximate surface area is 206 Å². The van der Waals surface area contributed by atoms with Gasteiger partial charge in [-0.15, -0.1) is 0 Å². The van der Waals surface area contributed by atoms with Crippen molar-refractivity contribution in [2.24, 2.45) is 5.41 Å². The first kappa shape index (κ1) is 23.2. The molecule has 0 saturated heterocycles. The molecule has 0 fully saturated rings. The van der Waals surface area contributed by atoms with E-state index < -0.39 is 0 Å². The summed E-state index contributed by atoms with van der Waals surface area (Å²) >= 11 is 0. The number of anilines is 1. The van der Waals surface area contributed by atoms with Crippen molar-refractivity contribution in [3.63, 3.8) is 0 Å². The van der Waals surface area contributed by atoms with Gasteiger partial charge in [0.05, 0.1) is 13.2 Å². The molecule has 1 heterocycles. The van der Waals surface area contributed by atoms with Gasteiger partial charge in [-0.05, 0) is 58.4 Å². The molecule has 0 aromatic heterocycles. The van der Waals surface area contributed by atoms with Crippen molar-refractivity contribution in [2.45, 2.75) is 52.5 Å². The largest absolute Gasteiger partial charge is 0.493 e. The highest BCUT2D eigenvalue weighted by atomic mass is 16.6. The molecule has 35 heavy (non-hydrogen) atoms. The summed E-state index contributed by atoms with van der Waals surface area (Å²) in [6, 6.07) is 17.8. The number of methoxy groups -OCH3 is 1. The van der Waals surface area contributed by atoms with Crippen LogP contribution in [0, 0.1) is 5.41 Å². The van der Waals surface area contributed by atoms with Crippen molar-refractivity contribution in [2.75, 3.05) is 12.4 Å². The number of fused-ring (bicyclic) bond motifs is 4. The van der Waals surface area contributed by atoms with Gasteiger partial charge in [0.1, 0.15) is 0 Å². The Kier molecular flexibility index (Phi) is 5.87. The fraction of sp³-hybridized carbons (Fsp3) is 0.333. The molecule has 1 N–H and O–H groups in total. The lowest BCUT2D eigenvalue weighted by molar-refractivity contribution is -0.134. The third-order valence-electron chi connectivity index (χ3n) is 6.94. The summed E-state index contributed by atoms with van der Waals surface area (Å²) in [5, 5.41) is 5.97. The molecular weight excluding hydrogens is 438 g/mol. The van der Waals surface area contributed by atoms with Gasteiger partial charge in [-0.1, -0.05) is 57.2 Å². The number of ketones is 1. The average Bonchev–Trinajstić information content (AvgIpc) is 2.82. The van der Waals surface area contributed by atoms with E-state index in [0.717, 1.165) is 45.2 Å². The number of hydrogen-bond acceptors (Lipinski definition) is 5. The minimum Gasteiger partial charge on any atom is -0.493 e. The van der Waals surface area contributed by atoms with Crippen LogP contribution in [0.1, 0.15) is 63.6 Å². The zero-order valence-corrected chi connectivity index (χ0v) is 20.7. The van der Waals surface area contributed by atoms with Crippen LogP contribution >= 0.6 is 0 Å². The smallest absolute Gasteiger partial charge is 0.311 e. The quantitative estimate of drug-likeness (QED) is 0.326. The Morgan fingerprint density at radius 1 is 1.06 bits per heavy atom. The predicted molar refractivity (Wildman–Crippen MR) is 139 cm³/mol. The Balaban J connectivity index is 1.65. The lowest BCUT2D eigenvalue weighted by Gasteiger charge is -2.40. The first-order valence-corrected chi connectivity index (χ1v) is 12.2. The van der Waals surface area contributed by atoms with E-state index in [9.17, 15) is 9.59 Å². The molecule has 0 unspecified atom stereocenters. The van der Waals surface area contributed by atoms with E-state index in [1.54, 1.807) is 13.2 Å². The zero-order chi connectivity index (χ0) is 24.7. The second kappa shape index (κ2) is 8.88. The number of nitrogens with one attached hydrogen (secondary N) is 1. The van der Waals surface area contributed by atoms with Gasteiger partial charge in [0.25, 0.3) is 0 Å². The summed E-state index contributed by atoms with van der Waals surface area (Å²) in [5.74, 6) is 0.751. The van der Waals surface area contributed by atoms with Crippen LogP contribution in [0.15, 0.2) is 60.2 Å². The van der Waals surface area contributed by atoms with Gasteiger partial charge in [0, 0.05) is 29.7 Å². The molecule has 0 bridgehead atoms. The number of benzene rings is 3. The first-order chi connectivity index (χ1) is 16.8. The lowest BCUT2D eigenvalue weighted by atomic mass is 9.68. The maximum atomic E-state index is 13.6. The van der Waals surface area contributed by atoms with E-state index >= 15 is 0 Å². The Bertz CT molecular complexity index is 1370. The highest BCUT2D eigenvalue weighted by Crippen LogP contribution is 2.52. The molecule has 5 heteroatoms. The van der Waals surface area contributed by atoms with Gasteiger partial charge in [0.15, 0.2) is 17.3 Å². The van der Waals surface area contributed by atoms with Crippen molar-refractivity contribution < 1.29 is 19.1 Å². The van der Waals surface area contributed by atoms with Crippen LogP contribution in [-0.2, 0) is 9.59 Å². The summed E-state index contributed by atoms with van der Waals surface area (Å²) in [4.78, 5) is 25.7. The van der Waals surface area contributed by atoms with Crippen LogP contribution in [0.3, 0.4) is 0 Å². The van der Waals surface area contributed by atoms with Crippen LogP contribution in [0.5, 0.6) is 11.5 Å². The minimum absolute atomic E-state index is 0.110. The van der Waals surface area contributed by atoms with Gasteiger partial charge in [0.2, 0.25) is 0 Å². The molecule has 3 aromatic rings. The molecule has 180 valence electrons.